The molecule has 0 amide bonds. The molecular weight excluding hydrogens is 308 g/mol. The standard InChI is InChI=1S/C23H44O2/c1-4-6-7-8-9-10-11-12-13-14-15-16-17-18-19-20-22(3)21-25-23(24)5-2/h5,22H,2,4,6-21H2,1,3H3/t22-/m0/s1. The molecule has 0 aromatic carbocycles. The summed E-state index contributed by atoms with van der Waals surface area (Å²) in [4.78, 5) is 11.0. The Kier molecular flexibility index (Phi) is 18.9. The SMILES string of the molecule is C=CC(=O)OC[C@@H](C)CCCCCCCCCCCCCCCCC. The molecule has 2 heteroatoms. The summed E-state index contributed by atoms with van der Waals surface area (Å²) >= 11 is 0. The van der Waals surface area contributed by atoms with E-state index in [4.69, 9.17) is 4.74 Å². The average Bonchev–Trinajstić information content (AvgIpc) is 2.62. The summed E-state index contributed by atoms with van der Waals surface area (Å²) in [7, 11) is 0. The van der Waals surface area contributed by atoms with Gasteiger partial charge in [-0.2, -0.15) is 0 Å². The van der Waals surface area contributed by atoms with Gasteiger partial charge in [-0.3, -0.25) is 0 Å². The molecule has 0 fully saturated rings. The van der Waals surface area contributed by atoms with E-state index in [9.17, 15) is 4.79 Å². The quantitative estimate of drug-likeness (QED) is 0.136. The fraction of sp³-hybridized carbons (Fsp3) is 0.870. The molecule has 0 aliphatic heterocycles. The first kappa shape index (κ1) is 24.2. The second-order valence-corrected chi connectivity index (χ2v) is 7.68. The number of hydrogen-bond donors (Lipinski definition) is 0. The van der Waals surface area contributed by atoms with Crippen molar-refractivity contribution in [2.75, 3.05) is 6.61 Å². The molecular formula is C23H44O2. The molecule has 0 saturated carbocycles. The number of ether oxygens (including phenoxy) is 1. The second kappa shape index (κ2) is 19.5. The third-order valence-electron chi connectivity index (χ3n) is 4.98. The molecule has 0 unspecified atom stereocenters. The largest absolute Gasteiger partial charge is 0.462 e. The van der Waals surface area contributed by atoms with Crippen LogP contribution >= 0.6 is 0 Å². The van der Waals surface area contributed by atoms with E-state index in [1.54, 1.807) is 0 Å². The molecule has 0 aliphatic rings. The van der Waals surface area contributed by atoms with Gasteiger partial charge < -0.3 is 4.74 Å². The van der Waals surface area contributed by atoms with E-state index in [1.807, 2.05) is 0 Å². The first-order valence-electron chi connectivity index (χ1n) is 11.0. The lowest BCUT2D eigenvalue weighted by atomic mass is 10.0. The van der Waals surface area contributed by atoms with Gasteiger partial charge >= 0.3 is 5.97 Å². The van der Waals surface area contributed by atoms with Crippen molar-refractivity contribution in [3.8, 4) is 0 Å². The van der Waals surface area contributed by atoms with Crippen LogP contribution in [0, 0.1) is 5.92 Å². The Bertz CT molecular complexity index is 298. The molecule has 0 bridgehead atoms. The Morgan fingerprint density at radius 1 is 0.800 bits per heavy atom. The number of carbonyl (C=O) groups excluding carboxylic acids is 1. The predicted molar refractivity (Wildman–Crippen MR) is 110 cm³/mol. The van der Waals surface area contributed by atoms with Gasteiger partial charge in [-0.05, 0) is 12.3 Å². The van der Waals surface area contributed by atoms with Gasteiger partial charge in [0, 0.05) is 6.08 Å². The molecule has 148 valence electrons. The van der Waals surface area contributed by atoms with E-state index >= 15 is 0 Å². The third kappa shape index (κ3) is 19.4. The van der Waals surface area contributed by atoms with E-state index in [1.165, 1.54) is 102 Å². The van der Waals surface area contributed by atoms with Gasteiger partial charge in [0.25, 0.3) is 0 Å². The Morgan fingerprint density at radius 2 is 1.20 bits per heavy atom. The lowest BCUT2D eigenvalue weighted by Crippen LogP contribution is -2.09. The van der Waals surface area contributed by atoms with E-state index in [0.29, 0.717) is 12.5 Å². The number of esters is 1. The first-order valence-corrected chi connectivity index (χ1v) is 11.0. The zero-order valence-electron chi connectivity index (χ0n) is 17.2. The third-order valence-corrected chi connectivity index (χ3v) is 4.98. The number of carbonyl (C=O) groups is 1. The first-order chi connectivity index (χ1) is 12.2. The van der Waals surface area contributed by atoms with Crippen molar-refractivity contribution in [2.24, 2.45) is 5.92 Å². The molecule has 0 saturated heterocycles. The van der Waals surface area contributed by atoms with Gasteiger partial charge in [0.2, 0.25) is 0 Å². The van der Waals surface area contributed by atoms with Crippen LogP contribution in [-0.2, 0) is 9.53 Å². The summed E-state index contributed by atoms with van der Waals surface area (Å²) in [6.45, 7) is 8.38. The lowest BCUT2D eigenvalue weighted by Gasteiger charge is -2.10. The second-order valence-electron chi connectivity index (χ2n) is 7.68. The topological polar surface area (TPSA) is 26.3 Å². The van der Waals surface area contributed by atoms with E-state index < -0.39 is 0 Å². The number of hydrogen-bond acceptors (Lipinski definition) is 2. The summed E-state index contributed by atoms with van der Waals surface area (Å²) in [6, 6.07) is 0. The molecule has 25 heavy (non-hydrogen) atoms. The minimum absolute atomic E-state index is 0.302. The molecule has 0 rings (SSSR count). The smallest absolute Gasteiger partial charge is 0.330 e. The van der Waals surface area contributed by atoms with Crippen molar-refractivity contribution in [3.05, 3.63) is 12.7 Å². The Labute approximate surface area is 157 Å². The Morgan fingerprint density at radius 3 is 1.60 bits per heavy atom. The van der Waals surface area contributed by atoms with Crippen molar-refractivity contribution in [2.45, 2.75) is 117 Å². The van der Waals surface area contributed by atoms with Crippen LogP contribution in [-0.4, -0.2) is 12.6 Å². The summed E-state index contributed by atoms with van der Waals surface area (Å²) in [5.74, 6) is 0.161. The molecule has 0 aromatic rings. The molecule has 0 spiro atoms. The van der Waals surface area contributed by atoms with Crippen LogP contribution in [0.15, 0.2) is 12.7 Å². The summed E-state index contributed by atoms with van der Waals surface area (Å²) in [6.07, 6.45) is 23.4. The van der Waals surface area contributed by atoms with E-state index in [2.05, 4.69) is 20.4 Å². The molecule has 0 aliphatic carbocycles. The highest BCUT2D eigenvalue weighted by atomic mass is 16.5. The average molecular weight is 353 g/mol. The van der Waals surface area contributed by atoms with Gasteiger partial charge in [-0.1, -0.05) is 117 Å². The molecule has 1 atom stereocenters. The maximum absolute atomic E-state index is 11.0. The minimum atomic E-state index is -0.302. The molecule has 0 heterocycles. The van der Waals surface area contributed by atoms with Crippen molar-refractivity contribution in [1.29, 1.82) is 0 Å². The normalized spacial score (nSPS) is 12.1. The zero-order valence-corrected chi connectivity index (χ0v) is 17.2. The molecule has 0 N–H and O–H groups in total. The van der Waals surface area contributed by atoms with Crippen LogP contribution < -0.4 is 0 Å². The minimum Gasteiger partial charge on any atom is -0.462 e. The fourth-order valence-corrected chi connectivity index (χ4v) is 3.23. The lowest BCUT2D eigenvalue weighted by molar-refractivity contribution is -0.139. The van der Waals surface area contributed by atoms with Gasteiger partial charge in [0.05, 0.1) is 6.61 Å². The highest BCUT2D eigenvalue weighted by Gasteiger charge is 2.04. The maximum atomic E-state index is 11.0. The summed E-state index contributed by atoms with van der Waals surface area (Å²) in [5.41, 5.74) is 0. The number of unbranched alkanes of at least 4 members (excludes halogenated alkanes) is 14. The van der Waals surface area contributed by atoms with Crippen LogP contribution in [0.2, 0.25) is 0 Å². The molecule has 0 radical (unpaired) electrons. The van der Waals surface area contributed by atoms with Crippen LogP contribution in [0.1, 0.15) is 117 Å². The van der Waals surface area contributed by atoms with Gasteiger partial charge in [0.15, 0.2) is 0 Å². The fourth-order valence-electron chi connectivity index (χ4n) is 3.23. The van der Waals surface area contributed by atoms with Crippen molar-refractivity contribution >= 4 is 5.97 Å². The predicted octanol–water partition coefficient (Wildman–Crippen LogP) is 7.61. The van der Waals surface area contributed by atoms with E-state index in [0.717, 1.165) is 6.42 Å². The Hall–Kier alpha value is -0.790. The van der Waals surface area contributed by atoms with Crippen molar-refractivity contribution < 1.29 is 9.53 Å². The highest BCUT2D eigenvalue weighted by molar-refractivity contribution is 5.81. The molecule has 2 nitrogen and oxygen atoms in total. The molecule has 0 aromatic heterocycles. The van der Waals surface area contributed by atoms with Crippen LogP contribution in [0.4, 0.5) is 0 Å². The van der Waals surface area contributed by atoms with Crippen molar-refractivity contribution in [1.82, 2.24) is 0 Å². The zero-order chi connectivity index (χ0) is 18.6. The van der Waals surface area contributed by atoms with Crippen LogP contribution in [0.5, 0.6) is 0 Å². The highest BCUT2D eigenvalue weighted by Crippen LogP contribution is 2.15. The summed E-state index contributed by atoms with van der Waals surface area (Å²) < 4.78 is 5.07. The monoisotopic (exact) mass is 352 g/mol. The Balaban J connectivity index is 3.13. The maximum Gasteiger partial charge on any atom is 0.330 e. The van der Waals surface area contributed by atoms with Gasteiger partial charge in [0.1, 0.15) is 0 Å². The number of rotatable bonds is 19. The van der Waals surface area contributed by atoms with Crippen molar-refractivity contribution in [3.63, 3.8) is 0 Å². The van der Waals surface area contributed by atoms with Crippen LogP contribution in [0.25, 0.3) is 0 Å². The van der Waals surface area contributed by atoms with Crippen LogP contribution in [0.3, 0.4) is 0 Å². The van der Waals surface area contributed by atoms with Gasteiger partial charge in [-0.15, -0.1) is 0 Å². The van der Waals surface area contributed by atoms with Gasteiger partial charge in [-0.25, -0.2) is 4.79 Å². The summed E-state index contributed by atoms with van der Waals surface area (Å²) in [5, 5.41) is 0. The van der Waals surface area contributed by atoms with E-state index in [-0.39, 0.29) is 5.97 Å².